The van der Waals surface area contributed by atoms with Crippen LogP contribution in [0.2, 0.25) is 0 Å². The molecule has 18 heavy (non-hydrogen) atoms. The minimum Gasteiger partial charge on any atom is -0.467 e. The Morgan fingerprint density at radius 2 is 1.89 bits per heavy atom. The molecule has 0 aliphatic carbocycles. The van der Waals surface area contributed by atoms with Crippen molar-refractivity contribution in [1.82, 2.24) is 0 Å². The normalized spacial score (nSPS) is 26.7. The fraction of sp³-hybridized carbons (Fsp3) is 0.417. The smallest absolute Gasteiger partial charge is 0.338 e. The highest BCUT2D eigenvalue weighted by Crippen LogP contribution is 2.46. The summed E-state index contributed by atoms with van der Waals surface area (Å²) in [5.74, 6) is -0.426. The zero-order valence-corrected chi connectivity index (χ0v) is 11.2. The quantitative estimate of drug-likeness (QED) is 0.602. The molecule has 0 amide bonds. The number of methoxy groups -OCH3 is 1. The van der Waals surface area contributed by atoms with E-state index in [1.165, 1.54) is 19.2 Å². The SMILES string of the molecule is COC(=O)C1OC1(C)c1ccc(S(C)(=O)=O)cc1. The Morgan fingerprint density at radius 3 is 2.33 bits per heavy atom. The fourth-order valence-corrected chi connectivity index (χ4v) is 2.47. The third-order valence-electron chi connectivity index (χ3n) is 3.08. The van der Waals surface area contributed by atoms with Crippen molar-refractivity contribution in [2.24, 2.45) is 0 Å². The Kier molecular flexibility index (Phi) is 2.95. The van der Waals surface area contributed by atoms with Crippen molar-refractivity contribution in [1.29, 1.82) is 0 Å². The third-order valence-corrected chi connectivity index (χ3v) is 4.21. The zero-order chi connectivity index (χ0) is 13.6. The van der Waals surface area contributed by atoms with Gasteiger partial charge in [0.15, 0.2) is 15.9 Å². The molecule has 1 fully saturated rings. The molecule has 2 atom stereocenters. The van der Waals surface area contributed by atoms with Crippen LogP contribution in [0.3, 0.4) is 0 Å². The van der Waals surface area contributed by atoms with E-state index in [0.717, 1.165) is 11.8 Å². The van der Waals surface area contributed by atoms with Gasteiger partial charge in [0.05, 0.1) is 12.0 Å². The maximum Gasteiger partial charge on any atom is 0.338 e. The van der Waals surface area contributed by atoms with Crippen LogP contribution in [0, 0.1) is 0 Å². The number of epoxide rings is 1. The first-order chi connectivity index (χ1) is 8.29. The molecule has 1 aliphatic rings. The summed E-state index contributed by atoms with van der Waals surface area (Å²) in [6.45, 7) is 1.77. The summed E-state index contributed by atoms with van der Waals surface area (Å²) < 4.78 is 32.6. The van der Waals surface area contributed by atoms with Crippen molar-refractivity contribution in [3.63, 3.8) is 0 Å². The molecule has 1 aromatic rings. The maximum absolute atomic E-state index is 11.3. The summed E-state index contributed by atoms with van der Waals surface area (Å²) in [7, 11) is -1.91. The van der Waals surface area contributed by atoms with Crippen molar-refractivity contribution >= 4 is 15.8 Å². The lowest BCUT2D eigenvalue weighted by Gasteiger charge is -2.07. The van der Waals surface area contributed by atoms with E-state index in [1.54, 1.807) is 19.1 Å². The van der Waals surface area contributed by atoms with Gasteiger partial charge in [0.2, 0.25) is 0 Å². The lowest BCUT2D eigenvalue weighted by Crippen LogP contribution is -2.17. The number of esters is 1. The van der Waals surface area contributed by atoms with Crippen LogP contribution in [0.1, 0.15) is 12.5 Å². The van der Waals surface area contributed by atoms with Gasteiger partial charge in [-0.25, -0.2) is 13.2 Å². The van der Waals surface area contributed by atoms with Crippen LogP contribution in [-0.2, 0) is 29.7 Å². The Balaban J connectivity index is 2.25. The van der Waals surface area contributed by atoms with Gasteiger partial charge >= 0.3 is 5.97 Å². The Morgan fingerprint density at radius 1 is 1.33 bits per heavy atom. The Hall–Kier alpha value is -1.40. The minimum absolute atomic E-state index is 0.241. The Bertz CT molecular complexity index is 575. The summed E-state index contributed by atoms with van der Waals surface area (Å²) in [6, 6.07) is 6.32. The number of benzene rings is 1. The molecule has 5 nitrogen and oxygen atoms in total. The predicted molar refractivity (Wildman–Crippen MR) is 63.8 cm³/mol. The van der Waals surface area contributed by atoms with Gasteiger partial charge in [0.25, 0.3) is 0 Å². The van der Waals surface area contributed by atoms with Crippen molar-refractivity contribution in [2.45, 2.75) is 23.5 Å². The molecule has 2 rings (SSSR count). The minimum atomic E-state index is -3.21. The summed E-state index contributed by atoms with van der Waals surface area (Å²) in [4.78, 5) is 11.6. The van der Waals surface area contributed by atoms with Gasteiger partial charge in [0, 0.05) is 6.26 Å². The van der Waals surface area contributed by atoms with Crippen LogP contribution in [0.25, 0.3) is 0 Å². The molecule has 1 aliphatic heterocycles. The number of carbonyl (C=O) groups is 1. The molecule has 1 saturated heterocycles. The largest absolute Gasteiger partial charge is 0.467 e. The second kappa shape index (κ2) is 4.07. The average molecular weight is 270 g/mol. The van der Waals surface area contributed by atoms with Crippen molar-refractivity contribution in [3.05, 3.63) is 29.8 Å². The van der Waals surface area contributed by atoms with E-state index >= 15 is 0 Å². The molecule has 1 heterocycles. The topological polar surface area (TPSA) is 73.0 Å². The van der Waals surface area contributed by atoms with E-state index in [1.807, 2.05) is 0 Å². The number of ether oxygens (including phenoxy) is 2. The van der Waals surface area contributed by atoms with E-state index in [2.05, 4.69) is 4.74 Å². The molecule has 0 bridgehead atoms. The van der Waals surface area contributed by atoms with Crippen LogP contribution in [0.15, 0.2) is 29.2 Å². The van der Waals surface area contributed by atoms with Crippen LogP contribution < -0.4 is 0 Å². The summed E-state index contributed by atoms with van der Waals surface area (Å²) in [5.41, 5.74) is 0.0358. The van der Waals surface area contributed by atoms with Gasteiger partial charge in [-0.3, -0.25) is 0 Å². The number of hydrogen-bond donors (Lipinski definition) is 0. The van der Waals surface area contributed by atoms with Crippen molar-refractivity contribution in [2.75, 3.05) is 13.4 Å². The van der Waals surface area contributed by atoms with Gasteiger partial charge in [-0.15, -0.1) is 0 Å². The maximum atomic E-state index is 11.3. The molecule has 0 spiro atoms. The number of rotatable bonds is 3. The predicted octanol–water partition coefficient (Wildman–Crippen LogP) is 0.877. The van der Waals surface area contributed by atoms with E-state index in [-0.39, 0.29) is 4.90 Å². The highest BCUT2D eigenvalue weighted by molar-refractivity contribution is 7.90. The van der Waals surface area contributed by atoms with Gasteiger partial charge in [0.1, 0.15) is 5.60 Å². The first-order valence-corrected chi connectivity index (χ1v) is 7.24. The molecular formula is C12H14O5S. The number of hydrogen-bond acceptors (Lipinski definition) is 5. The Labute approximate surface area is 106 Å². The fourth-order valence-electron chi connectivity index (χ4n) is 1.84. The van der Waals surface area contributed by atoms with E-state index < -0.39 is 27.5 Å². The molecule has 98 valence electrons. The summed E-state index contributed by atoms with van der Waals surface area (Å²) >= 11 is 0. The molecule has 0 radical (unpaired) electrons. The lowest BCUT2D eigenvalue weighted by molar-refractivity contribution is -0.142. The van der Waals surface area contributed by atoms with Gasteiger partial charge < -0.3 is 9.47 Å². The van der Waals surface area contributed by atoms with E-state index in [4.69, 9.17) is 4.74 Å². The molecule has 6 heteroatoms. The second-order valence-electron chi connectivity index (χ2n) is 4.42. The highest BCUT2D eigenvalue weighted by Gasteiger charge is 2.59. The van der Waals surface area contributed by atoms with Crippen LogP contribution in [0.4, 0.5) is 0 Å². The summed E-state index contributed by atoms with van der Waals surface area (Å²) in [5, 5.41) is 0. The first kappa shape index (κ1) is 13.0. The van der Waals surface area contributed by atoms with Crippen LogP contribution in [-0.4, -0.2) is 33.9 Å². The molecule has 0 aromatic heterocycles. The van der Waals surface area contributed by atoms with Gasteiger partial charge in [-0.05, 0) is 24.6 Å². The number of carbonyl (C=O) groups excluding carboxylic acids is 1. The molecular weight excluding hydrogens is 256 g/mol. The molecule has 0 saturated carbocycles. The van der Waals surface area contributed by atoms with Crippen molar-refractivity contribution in [3.8, 4) is 0 Å². The average Bonchev–Trinajstić information content (AvgIpc) is 3.01. The summed E-state index contributed by atoms with van der Waals surface area (Å²) in [6.07, 6.45) is 0.529. The molecule has 1 aromatic carbocycles. The van der Waals surface area contributed by atoms with Crippen molar-refractivity contribution < 1.29 is 22.7 Å². The van der Waals surface area contributed by atoms with Gasteiger partial charge in [-0.2, -0.15) is 0 Å². The molecule has 0 N–H and O–H groups in total. The zero-order valence-electron chi connectivity index (χ0n) is 10.3. The van der Waals surface area contributed by atoms with E-state index in [9.17, 15) is 13.2 Å². The van der Waals surface area contributed by atoms with Crippen LogP contribution >= 0.6 is 0 Å². The lowest BCUT2D eigenvalue weighted by atomic mass is 9.97. The molecule has 2 unspecified atom stereocenters. The van der Waals surface area contributed by atoms with Crippen LogP contribution in [0.5, 0.6) is 0 Å². The number of sulfone groups is 1. The monoisotopic (exact) mass is 270 g/mol. The standard InChI is InChI=1S/C12H14O5S/c1-12(10(17-12)11(13)16-2)8-4-6-9(7-5-8)18(3,14)15/h4-7,10H,1-3H3. The first-order valence-electron chi connectivity index (χ1n) is 5.35. The van der Waals surface area contributed by atoms with E-state index in [0.29, 0.717) is 0 Å². The third kappa shape index (κ3) is 2.13. The van der Waals surface area contributed by atoms with Gasteiger partial charge in [-0.1, -0.05) is 12.1 Å². The second-order valence-corrected chi connectivity index (χ2v) is 6.44. The highest BCUT2D eigenvalue weighted by atomic mass is 32.2.